The number of benzene rings is 1. The highest BCUT2D eigenvalue weighted by Crippen LogP contribution is 2.16. The average molecular weight is 162 g/mol. The monoisotopic (exact) mass is 162 g/mol. The molecule has 0 radical (unpaired) electrons. The minimum atomic E-state index is -0.174. The lowest BCUT2D eigenvalue weighted by molar-refractivity contribution is -0.0318. The molecule has 2 rings (SSSR count). The molecule has 2 heteroatoms. The molecular formula is C10H10O2. The third-order valence-corrected chi connectivity index (χ3v) is 2.05. The molecule has 0 saturated carbocycles. The maximum atomic E-state index is 11.5. The van der Waals surface area contributed by atoms with Gasteiger partial charge in [0.25, 0.3) is 0 Å². The molecule has 1 aromatic carbocycles. The van der Waals surface area contributed by atoms with E-state index in [0.717, 1.165) is 18.6 Å². The summed E-state index contributed by atoms with van der Waals surface area (Å²) in [4.78, 5) is 11.5. The van der Waals surface area contributed by atoms with Crippen LogP contribution in [0.4, 0.5) is 0 Å². The lowest BCUT2D eigenvalue weighted by atomic mass is 10.0. The summed E-state index contributed by atoms with van der Waals surface area (Å²) in [6.45, 7) is 0.725. The number of carbonyl (C=O) groups excluding carboxylic acids is 1. The van der Waals surface area contributed by atoms with E-state index >= 15 is 0 Å². The van der Waals surface area contributed by atoms with Gasteiger partial charge in [-0.25, -0.2) is 0 Å². The van der Waals surface area contributed by atoms with Gasteiger partial charge in [-0.1, -0.05) is 30.3 Å². The van der Waals surface area contributed by atoms with E-state index in [1.165, 1.54) is 0 Å². The average Bonchev–Trinajstić information content (AvgIpc) is 2.03. The van der Waals surface area contributed by atoms with Crippen molar-refractivity contribution in [2.45, 2.75) is 12.5 Å². The smallest absolute Gasteiger partial charge is 0.191 e. The fourth-order valence-electron chi connectivity index (χ4n) is 1.23. The second-order valence-electron chi connectivity index (χ2n) is 2.88. The number of ketones is 1. The van der Waals surface area contributed by atoms with Crippen LogP contribution in [0.5, 0.6) is 0 Å². The van der Waals surface area contributed by atoms with E-state index in [0.29, 0.717) is 0 Å². The number of hydrogen-bond acceptors (Lipinski definition) is 2. The molecule has 0 bridgehead atoms. The third-order valence-electron chi connectivity index (χ3n) is 2.05. The summed E-state index contributed by atoms with van der Waals surface area (Å²) < 4.78 is 5.10. The molecule has 12 heavy (non-hydrogen) atoms. The van der Waals surface area contributed by atoms with Crippen LogP contribution in [0.1, 0.15) is 16.8 Å². The standard InChI is InChI=1S/C10H10O2/c11-10(9-6-7-12-9)8-4-2-1-3-5-8/h1-5,9H,6-7H2. The van der Waals surface area contributed by atoms with Gasteiger partial charge >= 0.3 is 0 Å². The molecule has 0 aromatic heterocycles. The van der Waals surface area contributed by atoms with Crippen LogP contribution in [0.2, 0.25) is 0 Å². The summed E-state index contributed by atoms with van der Waals surface area (Å²) in [6.07, 6.45) is 0.695. The maximum absolute atomic E-state index is 11.5. The van der Waals surface area contributed by atoms with Crippen LogP contribution in [-0.2, 0) is 4.74 Å². The van der Waals surface area contributed by atoms with Crippen molar-refractivity contribution in [3.8, 4) is 0 Å². The third kappa shape index (κ3) is 1.25. The predicted molar refractivity (Wildman–Crippen MR) is 45.1 cm³/mol. The van der Waals surface area contributed by atoms with Crippen LogP contribution >= 0.6 is 0 Å². The fourth-order valence-corrected chi connectivity index (χ4v) is 1.23. The number of rotatable bonds is 2. The first-order valence-electron chi connectivity index (χ1n) is 4.09. The zero-order valence-electron chi connectivity index (χ0n) is 6.69. The van der Waals surface area contributed by atoms with E-state index < -0.39 is 0 Å². The molecule has 0 spiro atoms. The zero-order chi connectivity index (χ0) is 8.39. The highest BCUT2D eigenvalue weighted by molar-refractivity contribution is 5.99. The van der Waals surface area contributed by atoms with Crippen molar-refractivity contribution >= 4 is 5.78 Å². The topological polar surface area (TPSA) is 26.3 Å². The summed E-state index contributed by atoms with van der Waals surface area (Å²) >= 11 is 0. The van der Waals surface area contributed by atoms with Crippen LogP contribution in [0.25, 0.3) is 0 Å². The van der Waals surface area contributed by atoms with Crippen LogP contribution in [0, 0.1) is 0 Å². The molecule has 1 saturated heterocycles. The predicted octanol–water partition coefficient (Wildman–Crippen LogP) is 1.66. The highest BCUT2D eigenvalue weighted by atomic mass is 16.5. The number of hydrogen-bond donors (Lipinski definition) is 0. The van der Waals surface area contributed by atoms with Gasteiger partial charge in [0.2, 0.25) is 0 Å². The van der Waals surface area contributed by atoms with E-state index in [1.807, 2.05) is 30.3 Å². The SMILES string of the molecule is O=C(c1ccccc1)C1CCO1. The Morgan fingerprint density at radius 1 is 1.33 bits per heavy atom. The second kappa shape index (κ2) is 3.07. The number of Topliss-reactive ketones (excluding diaryl/α,β-unsaturated/α-hetero) is 1. The molecule has 1 heterocycles. The van der Waals surface area contributed by atoms with Gasteiger partial charge in [0.1, 0.15) is 6.10 Å². The van der Waals surface area contributed by atoms with E-state index in [-0.39, 0.29) is 11.9 Å². The van der Waals surface area contributed by atoms with Crippen molar-refractivity contribution in [2.24, 2.45) is 0 Å². The van der Waals surface area contributed by atoms with Crippen LogP contribution in [0.3, 0.4) is 0 Å². The summed E-state index contributed by atoms with van der Waals surface area (Å²) in [6, 6.07) is 9.28. The molecule has 62 valence electrons. The molecule has 1 fully saturated rings. The Morgan fingerprint density at radius 2 is 2.00 bits per heavy atom. The fraction of sp³-hybridized carbons (Fsp3) is 0.300. The molecule has 2 nitrogen and oxygen atoms in total. The van der Waals surface area contributed by atoms with Gasteiger partial charge in [0.05, 0.1) is 6.61 Å². The van der Waals surface area contributed by atoms with E-state index in [1.54, 1.807) is 0 Å². The minimum absolute atomic E-state index is 0.113. The Kier molecular flexibility index (Phi) is 1.92. The summed E-state index contributed by atoms with van der Waals surface area (Å²) in [5, 5.41) is 0. The van der Waals surface area contributed by atoms with Crippen LogP contribution < -0.4 is 0 Å². The lowest BCUT2D eigenvalue weighted by Crippen LogP contribution is -2.34. The lowest BCUT2D eigenvalue weighted by Gasteiger charge is -2.24. The molecule has 1 atom stereocenters. The summed E-state index contributed by atoms with van der Waals surface area (Å²) in [7, 11) is 0. The van der Waals surface area contributed by atoms with Crippen molar-refractivity contribution < 1.29 is 9.53 Å². The van der Waals surface area contributed by atoms with Gasteiger partial charge in [-0.05, 0) is 0 Å². The van der Waals surface area contributed by atoms with Gasteiger partial charge in [0.15, 0.2) is 5.78 Å². The molecule has 1 aliphatic rings. The molecule has 1 aromatic rings. The molecular weight excluding hydrogens is 152 g/mol. The Labute approximate surface area is 71.2 Å². The van der Waals surface area contributed by atoms with Crippen LogP contribution in [0.15, 0.2) is 30.3 Å². The molecule has 0 amide bonds. The van der Waals surface area contributed by atoms with Crippen molar-refractivity contribution in [3.63, 3.8) is 0 Å². The maximum Gasteiger partial charge on any atom is 0.191 e. The highest BCUT2D eigenvalue weighted by Gasteiger charge is 2.26. The largest absolute Gasteiger partial charge is 0.370 e. The first kappa shape index (κ1) is 7.50. The first-order valence-corrected chi connectivity index (χ1v) is 4.09. The molecule has 1 unspecified atom stereocenters. The van der Waals surface area contributed by atoms with Gasteiger partial charge in [-0.3, -0.25) is 4.79 Å². The second-order valence-corrected chi connectivity index (χ2v) is 2.88. The van der Waals surface area contributed by atoms with Gasteiger partial charge < -0.3 is 4.74 Å². The van der Waals surface area contributed by atoms with E-state index in [2.05, 4.69) is 0 Å². The van der Waals surface area contributed by atoms with Crippen molar-refractivity contribution in [1.82, 2.24) is 0 Å². The normalized spacial score (nSPS) is 21.5. The van der Waals surface area contributed by atoms with E-state index in [9.17, 15) is 4.79 Å². The van der Waals surface area contributed by atoms with E-state index in [4.69, 9.17) is 4.74 Å². The molecule has 0 aliphatic carbocycles. The Bertz CT molecular complexity index is 275. The van der Waals surface area contributed by atoms with Gasteiger partial charge in [-0.15, -0.1) is 0 Å². The molecule has 0 N–H and O–H groups in total. The van der Waals surface area contributed by atoms with Gasteiger partial charge in [0, 0.05) is 12.0 Å². The van der Waals surface area contributed by atoms with Crippen molar-refractivity contribution in [3.05, 3.63) is 35.9 Å². The van der Waals surface area contributed by atoms with Crippen LogP contribution in [-0.4, -0.2) is 18.5 Å². The first-order chi connectivity index (χ1) is 5.88. The quantitative estimate of drug-likeness (QED) is 0.618. The Hall–Kier alpha value is -1.15. The summed E-state index contributed by atoms with van der Waals surface area (Å²) in [5.41, 5.74) is 0.752. The zero-order valence-corrected chi connectivity index (χ0v) is 6.69. The Balaban J connectivity index is 2.14. The number of carbonyl (C=O) groups is 1. The van der Waals surface area contributed by atoms with Crippen molar-refractivity contribution in [1.29, 1.82) is 0 Å². The number of ether oxygens (including phenoxy) is 1. The summed E-state index contributed by atoms with van der Waals surface area (Å²) in [5.74, 6) is 0.113. The Morgan fingerprint density at radius 3 is 2.50 bits per heavy atom. The van der Waals surface area contributed by atoms with Gasteiger partial charge in [-0.2, -0.15) is 0 Å². The molecule has 1 aliphatic heterocycles. The van der Waals surface area contributed by atoms with Crippen molar-refractivity contribution in [2.75, 3.05) is 6.61 Å². The minimum Gasteiger partial charge on any atom is -0.370 e.